The summed E-state index contributed by atoms with van der Waals surface area (Å²) in [4.78, 5) is 4.05. The van der Waals surface area contributed by atoms with E-state index >= 15 is 0 Å². The monoisotopic (exact) mass is 235 g/mol. The minimum absolute atomic E-state index is 0.106. The number of ether oxygens (including phenoxy) is 1. The molecule has 15 heavy (non-hydrogen) atoms. The van der Waals surface area contributed by atoms with Gasteiger partial charge in [0, 0.05) is 12.3 Å². The second kappa shape index (κ2) is 5.26. The summed E-state index contributed by atoms with van der Waals surface area (Å²) >= 11 is 5.71. The Labute approximate surface area is 92.2 Å². The molecule has 0 radical (unpaired) electrons. The Balaban J connectivity index is 2.87. The smallest absolute Gasteiger partial charge is 0.272 e. The zero-order chi connectivity index (χ0) is 11.4. The molecule has 0 aliphatic heterocycles. The van der Waals surface area contributed by atoms with E-state index in [1.54, 1.807) is 0 Å². The van der Waals surface area contributed by atoms with Crippen molar-refractivity contribution in [3.63, 3.8) is 0 Å². The molecule has 0 unspecified atom stereocenters. The van der Waals surface area contributed by atoms with Crippen LogP contribution in [0.2, 0.25) is 5.02 Å². The van der Waals surface area contributed by atoms with Gasteiger partial charge in [0.05, 0.1) is 10.7 Å². The topological polar surface area (TPSA) is 22.1 Å². The lowest BCUT2D eigenvalue weighted by Gasteiger charge is -2.12. The highest BCUT2D eigenvalue weighted by atomic mass is 35.5. The van der Waals surface area contributed by atoms with E-state index in [9.17, 15) is 8.78 Å². The van der Waals surface area contributed by atoms with E-state index in [0.717, 1.165) is 0 Å². The van der Waals surface area contributed by atoms with Crippen LogP contribution in [-0.2, 0) is 0 Å². The third-order valence-electron chi connectivity index (χ3n) is 1.76. The van der Waals surface area contributed by atoms with E-state index in [4.69, 9.17) is 16.3 Å². The normalized spacial score (nSPS) is 11.1. The van der Waals surface area contributed by atoms with Gasteiger partial charge in [-0.1, -0.05) is 25.4 Å². The molecular weight excluding hydrogens is 224 g/mol. The van der Waals surface area contributed by atoms with E-state index in [2.05, 4.69) is 4.98 Å². The Hall–Kier alpha value is -0.900. The highest BCUT2D eigenvalue weighted by Gasteiger charge is 2.12. The number of hydrogen-bond donors (Lipinski definition) is 0. The summed E-state index contributed by atoms with van der Waals surface area (Å²) in [5, 5.41) is 0.378. The second-order valence-electron chi connectivity index (χ2n) is 3.39. The SMILES string of the molecule is CC(C)c1ncc(Cl)cc1OCC(F)F. The number of pyridine rings is 1. The molecule has 0 atom stereocenters. The number of hydrogen-bond acceptors (Lipinski definition) is 2. The zero-order valence-corrected chi connectivity index (χ0v) is 9.26. The van der Waals surface area contributed by atoms with Crippen LogP contribution in [0.5, 0.6) is 5.75 Å². The van der Waals surface area contributed by atoms with Crippen LogP contribution in [0.15, 0.2) is 12.3 Å². The average molecular weight is 236 g/mol. The molecule has 5 heteroatoms. The Morgan fingerprint density at radius 1 is 1.47 bits per heavy atom. The van der Waals surface area contributed by atoms with Gasteiger partial charge < -0.3 is 4.74 Å². The lowest BCUT2D eigenvalue weighted by Crippen LogP contribution is -2.09. The van der Waals surface area contributed by atoms with Gasteiger partial charge in [-0.05, 0) is 5.92 Å². The van der Waals surface area contributed by atoms with Gasteiger partial charge in [-0.2, -0.15) is 0 Å². The molecule has 0 saturated heterocycles. The first-order chi connectivity index (χ1) is 7.00. The number of alkyl halides is 2. The molecule has 1 heterocycles. The lowest BCUT2D eigenvalue weighted by molar-refractivity contribution is 0.0810. The molecule has 0 aliphatic carbocycles. The molecule has 0 aromatic carbocycles. The van der Waals surface area contributed by atoms with E-state index in [0.29, 0.717) is 16.5 Å². The average Bonchev–Trinajstić information content (AvgIpc) is 2.14. The minimum atomic E-state index is -2.50. The third kappa shape index (κ3) is 3.63. The first kappa shape index (κ1) is 12.2. The Morgan fingerprint density at radius 2 is 2.13 bits per heavy atom. The predicted octanol–water partition coefficient (Wildman–Crippen LogP) is 3.50. The molecule has 1 rings (SSSR count). The first-order valence-corrected chi connectivity index (χ1v) is 4.95. The molecule has 0 bridgehead atoms. The predicted molar refractivity (Wildman–Crippen MR) is 54.8 cm³/mol. The molecule has 0 N–H and O–H groups in total. The Kier molecular flexibility index (Phi) is 4.27. The molecule has 0 amide bonds. The van der Waals surface area contributed by atoms with E-state index in [-0.39, 0.29) is 5.92 Å². The van der Waals surface area contributed by atoms with Crippen LogP contribution < -0.4 is 4.74 Å². The molecule has 0 saturated carbocycles. The molecule has 0 spiro atoms. The van der Waals surface area contributed by atoms with Gasteiger partial charge in [0.15, 0.2) is 0 Å². The van der Waals surface area contributed by atoms with Crippen molar-refractivity contribution in [1.82, 2.24) is 4.98 Å². The second-order valence-corrected chi connectivity index (χ2v) is 3.83. The fourth-order valence-corrected chi connectivity index (χ4v) is 1.28. The number of rotatable bonds is 4. The minimum Gasteiger partial charge on any atom is -0.486 e. The summed E-state index contributed by atoms with van der Waals surface area (Å²) in [5.41, 5.74) is 0.639. The molecule has 2 nitrogen and oxygen atoms in total. The van der Waals surface area contributed by atoms with Crippen molar-refractivity contribution in [2.24, 2.45) is 0 Å². The van der Waals surface area contributed by atoms with Gasteiger partial charge in [-0.15, -0.1) is 0 Å². The fourth-order valence-electron chi connectivity index (χ4n) is 1.13. The van der Waals surface area contributed by atoms with E-state index < -0.39 is 13.0 Å². The summed E-state index contributed by atoms with van der Waals surface area (Å²) < 4.78 is 28.9. The molecule has 1 aromatic rings. The summed E-state index contributed by atoms with van der Waals surface area (Å²) in [5.74, 6) is 0.438. The van der Waals surface area contributed by atoms with E-state index in [1.807, 2.05) is 13.8 Å². The van der Waals surface area contributed by atoms with Crippen LogP contribution in [0.25, 0.3) is 0 Å². The van der Waals surface area contributed by atoms with Crippen molar-refractivity contribution >= 4 is 11.6 Å². The molecule has 1 aromatic heterocycles. The Morgan fingerprint density at radius 3 is 2.67 bits per heavy atom. The summed E-state index contributed by atoms with van der Waals surface area (Å²) in [7, 11) is 0. The van der Waals surface area contributed by atoms with Gasteiger partial charge in [0.25, 0.3) is 6.43 Å². The van der Waals surface area contributed by atoms with E-state index in [1.165, 1.54) is 12.3 Å². The summed E-state index contributed by atoms with van der Waals surface area (Å²) in [6, 6.07) is 1.51. The van der Waals surface area contributed by atoms with Gasteiger partial charge in [-0.25, -0.2) is 8.78 Å². The van der Waals surface area contributed by atoms with Gasteiger partial charge in [0.2, 0.25) is 0 Å². The number of aromatic nitrogens is 1. The van der Waals surface area contributed by atoms with Crippen LogP contribution in [0.3, 0.4) is 0 Å². The van der Waals surface area contributed by atoms with Crippen molar-refractivity contribution in [2.75, 3.05) is 6.61 Å². The highest BCUT2D eigenvalue weighted by molar-refractivity contribution is 6.30. The zero-order valence-electron chi connectivity index (χ0n) is 8.51. The molecule has 0 fully saturated rings. The summed E-state index contributed by atoms with van der Waals surface area (Å²) in [6.07, 6.45) is -1.02. The van der Waals surface area contributed by atoms with Gasteiger partial charge in [-0.3, -0.25) is 4.98 Å². The number of nitrogens with zero attached hydrogens (tertiary/aromatic N) is 1. The quantitative estimate of drug-likeness (QED) is 0.797. The maximum atomic E-state index is 12.0. The standard InChI is InChI=1S/C10H12ClF2NO/c1-6(2)10-8(15-5-9(12)13)3-7(11)4-14-10/h3-4,6,9H,5H2,1-2H3. The van der Waals surface area contributed by atoms with Crippen LogP contribution in [0, 0.1) is 0 Å². The fraction of sp³-hybridized carbons (Fsp3) is 0.500. The highest BCUT2D eigenvalue weighted by Crippen LogP contribution is 2.27. The van der Waals surface area contributed by atoms with Gasteiger partial charge in [0.1, 0.15) is 12.4 Å². The van der Waals surface area contributed by atoms with Crippen LogP contribution >= 0.6 is 11.6 Å². The molecular formula is C10H12ClF2NO. The molecule has 84 valence electrons. The van der Waals surface area contributed by atoms with Crippen molar-refractivity contribution in [3.05, 3.63) is 23.0 Å². The first-order valence-electron chi connectivity index (χ1n) is 4.57. The lowest BCUT2D eigenvalue weighted by atomic mass is 10.1. The number of halogens is 3. The van der Waals surface area contributed by atoms with Gasteiger partial charge >= 0.3 is 0 Å². The third-order valence-corrected chi connectivity index (χ3v) is 1.97. The summed E-state index contributed by atoms with van der Waals surface area (Å²) in [6.45, 7) is 3.18. The maximum Gasteiger partial charge on any atom is 0.272 e. The van der Waals surface area contributed by atoms with Crippen molar-refractivity contribution in [1.29, 1.82) is 0 Å². The van der Waals surface area contributed by atoms with Crippen LogP contribution in [-0.4, -0.2) is 18.0 Å². The largest absolute Gasteiger partial charge is 0.486 e. The molecule has 0 aliphatic rings. The van der Waals surface area contributed by atoms with Crippen molar-refractivity contribution < 1.29 is 13.5 Å². The van der Waals surface area contributed by atoms with Crippen LogP contribution in [0.1, 0.15) is 25.5 Å². The van der Waals surface area contributed by atoms with Crippen molar-refractivity contribution in [2.45, 2.75) is 26.2 Å². The Bertz CT molecular complexity index is 331. The van der Waals surface area contributed by atoms with Crippen molar-refractivity contribution in [3.8, 4) is 5.75 Å². The van der Waals surface area contributed by atoms with Crippen LogP contribution in [0.4, 0.5) is 8.78 Å². The maximum absolute atomic E-state index is 12.0.